The molecule has 0 aliphatic heterocycles. The molecule has 3 nitrogen and oxygen atoms in total. The second-order valence-corrected chi connectivity index (χ2v) is 4.86. The van der Waals surface area contributed by atoms with Crippen molar-refractivity contribution in [3.05, 3.63) is 52.7 Å². The number of rotatable bonds is 4. The summed E-state index contributed by atoms with van der Waals surface area (Å²) < 4.78 is 5.91. The number of aromatic nitrogens is 1. The molecular formula is C15H17ClN2O. The zero-order valence-electron chi connectivity index (χ0n) is 11.3. The van der Waals surface area contributed by atoms with Crippen LogP contribution in [-0.2, 0) is 0 Å². The van der Waals surface area contributed by atoms with Crippen LogP contribution in [0.5, 0.6) is 11.6 Å². The first-order chi connectivity index (χ1) is 9.11. The van der Waals surface area contributed by atoms with E-state index in [1.165, 1.54) is 0 Å². The van der Waals surface area contributed by atoms with Crippen LogP contribution in [0.4, 0.5) is 0 Å². The number of halogens is 1. The summed E-state index contributed by atoms with van der Waals surface area (Å²) in [6, 6.07) is 9.66. The molecule has 1 atom stereocenters. The third kappa shape index (κ3) is 3.25. The van der Waals surface area contributed by atoms with Gasteiger partial charge in [-0.25, -0.2) is 4.98 Å². The van der Waals surface area contributed by atoms with E-state index in [-0.39, 0.29) is 6.04 Å². The molecular weight excluding hydrogens is 260 g/mol. The highest BCUT2D eigenvalue weighted by Crippen LogP contribution is 2.30. The third-order valence-electron chi connectivity index (χ3n) is 3.06. The fourth-order valence-electron chi connectivity index (χ4n) is 1.76. The molecule has 0 spiro atoms. The molecule has 0 amide bonds. The summed E-state index contributed by atoms with van der Waals surface area (Å²) in [4.78, 5) is 4.31. The molecule has 1 aromatic carbocycles. The summed E-state index contributed by atoms with van der Waals surface area (Å²) in [5, 5.41) is 3.84. The maximum Gasteiger partial charge on any atom is 0.223 e. The van der Waals surface area contributed by atoms with Crippen LogP contribution < -0.4 is 10.1 Å². The Morgan fingerprint density at radius 2 is 2.11 bits per heavy atom. The van der Waals surface area contributed by atoms with E-state index in [9.17, 15) is 0 Å². The maximum absolute atomic E-state index is 6.00. The molecule has 100 valence electrons. The van der Waals surface area contributed by atoms with E-state index in [4.69, 9.17) is 16.3 Å². The number of pyridine rings is 1. The molecule has 4 heteroatoms. The molecule has 1 unspecified atom stereocenters. The van der Waals surface area contributed by atoms with Crippen molar-refractivity contribution >= 4 is 11.6 Å². The average Bonchev–Trinajstić information content (AvgIpc) is 2.42. The van der Waals surface area contributed by atoms with E-state index in [1.807, 2.05) is 38.2 Å². The molecule has 0 saturated carbocycles. The second kappa shape index (κ2) is 6.04. The molecule has 2 rings (SSSR count). The fraction of sp³-hybridized carbons (Fsp3) is 0.267. The van der Waals surface area contributed by atoms with Crippen LogP contribution in [0.25, 0.3) is 0 Å². The zero-order chi connectivity index (χ0) is 13.8. The number of aryl methyl sites for hydroxylation is 1. The van der Waals surface area contributed by atoms with Crippen LogP contribution in [0, 0.1) is 6.92 Å². The third-order valence-corrected chi connectivity index (χ3v) is 3.29. The zero-order valence-corrected chi connectivity index (χ0v) is 12.0. The number of benzene rings is 1. The van der Waals surface area contributed by atoms with Crippen LogP contribution >= 0.6 is 11.6 Å². The normalized spacial score (nSPS) is 12.2. The lowest BCUT2D eigenvalue weighted by atomic mass is 10.1. The molecule has 0 fully saturated rings. The highest BCUT2D eigenvalue weighted by molar-refractivity contribution is 6.30. The van der Waals surface area contributed by atoms with Gasteiger partial charge in [0, 0.05) is 22.8 Å². The summed E-state index contributed by atoms with van der Waals surface area (Å²) >= 11 is 6.00. The Hall–Kier alpha value is -1.58. The van der Waals surface area contributed by atoms with E-state index in [2.05, 4.69) is 17.2 Å². The van der Waals surface area contributed by atoms with Crippen molar-refractivity contribution in [3.63, 3.8) is 0 Å². The molecule has 1 heterocycles. The molecule has 1 N–H and O–H groups in total. The van der Waals surface area contributed by atoms with Crippen molar-refractivity contribution in [1.29, 1.82) is 0 Å². The first kappa shape index (κ1) is 13.8. The molecule has 0 aliphatic rings. The lowest BCUT2D eigenvalue weighted by molar-refractivity contribution is 0.444. The van der Waals surface area contributed by atoms with Crippen LogP contribution in [0.15, 0.2) is 36.5 Å². The first-order valence-corrected chi connectivity index (χ1v) is 6.56. The van der Waals surface area contributed by atoms with Gasteiger partial charge >= 0.3 is 0 Å². The summed E-state index contributed by atoms with van der Waals surface area (Å²) in [5.74, 6) is 1.34. The standard InChI is InChI=1S/C15H17ClN2O/c1-10-6-7-12(16)9-14(10)19-15-13(11(2)17-3)5-4-8-18-15/h4-9,11,17H,1-3H3. The number of ether oxygens (including phenoxy) is 1. The molecule has 1 aromatic heterocycles. The minimum atomic E-state index is 0.170. The Bertz CT molecular complexity index is 572. The highest BCUT2D eigenvalue weighted by atomic mass is 35.5. The second-order valence-electron chi connectivity index (χ2n) is 4.42. The van der Waals surface area contributed by atoms with Gasteiger partial charge in [-0.3, -0.25) is 0 Å². The average molecular weight is 277 g/mol. The van der Waals surface area contributed by atoms with Crippen molar-refractivity contribution in [2.75, 3.05) is 7.05 Å². The Kier molecular flexibility index (Phi) is 4.40. The molecule has 2 aromatic rings. The lowest BCUT2D eigenvalue weighted by Crippen LogP contribution is -2.13. The van der Waals surface area contributed by atoms with E-state index in [0.717, 1.165) is 16.9 Å². The number of hydrogen-bond acceptors (Lipinski definition) is 3. The van der Waals surface area contributed by atoms with E-state index in [0.29, 0.717) is 10.9 Å². The summed E-state index contributed by atoms with van der Waals surface area (Å²) in [6.07, 6.45) is 1.72. The van der Waals surface area contributed by atoms with E-state index >= 15 is 0 Å². The summed E-state index contributed by atoms with van der Waals surface area (Å²) in [5.41, 5.74) is 2.04. The summed E-state index contributed by atoms with van der Waals surface area (Å²) in [7, 11) is 1.91. The highest BCUT2D eigenvalue weighted by Gasteiger charge is 2.12. The van der Waals surface area contributed by atoms with Gasteiger partial charge in [0.15, 0.2) is 0 Å². The van der Waals surface area contributed by atoms with Crippen molar-refractivity contribution < 1.29 is 4.74 Å². The van der Waals surface area contributed by atoms with Crippen LogP contribution in [-0.4, -0.2) is 12.0 Å². The Morgan fingerprint density at radius 3 is 2.84 bits per heavy atom. The van der Waals surface area contributed by atoms with Gasteiger partial charge in [-0.05, 0) is 44.7 Å². The van der Waals surface area contributed by atoms with Gasteiger partial charge in [0.2, 0.25) is 5.88 Å². The summed E-state index contributed by atoms with van der Waals surface area (Å²) in [6.45, 7) is 4.05. The van der Waals surface area contributed by atoms with E-state index in [1.54, 1.807) is 12.3 Å². The van der Waals surface area contributed by atoms with Crippen molar-refractivity contribution in [1.82, 2.24) is 10.3 Å². The molecule has 0 radical (unpaired) electrons. The van der Waals surface area contributed by atoms with Crippen molar-refractivity contribution in [3.8, 4) is 11.6 Å². The predicted octanol–water partition coefficient (Wildman–Crippen LogP) is 4.12. The first-order valence-electron chi connectivity index (χ1n) is 6.18. The number of hydrogen-bond donors (Lipinski definition) is 1. The van der Waals surface area contributed by atoms with Gasteiger partial charge < -0.3 is 10.1 Å². The smallest absolute Gasteiger partial charge is 0.223 e. The number of nitrogens with one attached hydrogen (secondary N) is 1. The topological polar surface area (TPSA) is 34.2 Å². The van der Waals surface area contributed by atoms with Gasteiger partial charge in [0.25, 0.3) is 0 Å². The monoisotopic (exact) mass is 276 g/mol. The van der Waals surface area contributed by atoms with Crippen LogP contribution in [0.3, 0.4) is 0 Å². The van der Waals surface area contributed by atoms with Crippen LogP contribution in [0.1, 0.15) is 24.1 Å². The van der Waals surface area contributed by atoms with Crippen molar-refractivity contribution in [2.45, 2.75) is 19.9 Å². The van der Waals surface area contributed by atoms with Gasteiger partial charge in [-0.1, -0.05) is 23.7 Å². The molecule has 19 heavy (non-hydrogen) atoms. The van der Waals surface area contributed by atoms with Gasteiger partial charge in [-0.2, -0.15) is 0 Å². The van der Waals surface area contributed by atoms with Crippen LogP contribution in [0.2, 0.25) is 5.02 Å². The Labute approximate surface area is 118 Å². The number of nitrogens with zero attached hydrogens (tertiary/aromatic N) is 1. The van der Waals surface area contributed by atoms with E-state index < -0.39 is 0 Å². The maximum atomic E-state index is 6.00. The lowest BCUT2D eigenvalue weighted by Gasteiger charge is -2.16. The Morgan fingerprint density at radius 1 is 1.32 bits per heavy atom. The van der Waals surface area contributed by atoms with Gasteiger partial charge in [0.1, 0.15) is 5.75 Å². The fourth-order valence-corrected chi connectivity index (χ4v) is 1.92. The predicted molar refractivity (Wildman–Crippen MR) is 78.0 cm³/mol. The largest absolute Gasteiger partial charge is 0.438 e. The minimum Gasteiger partial charge on any atom is -0.438 e. The molecule has 0 saturated heterocycles. The Balaban J connectivity index is 2.35. The van der Waals surface area contributed by atoms with Crippen molar-refractivity contribution in [2.24, 2.45) is 0 Å². The molecule has 0 bridgehead atoms. The minimum absolute atomic E-state index is 0.170. The molecule has 0 aliphatic carbocycles. The van der Waals surface area contributed by atoms with Gasteiger partial charge in [-0.15, -0.1) is 0 Å². The van der Waals surface area contributed by atoms with Gasteiger partial charge in [0.05, 0.1) is 0 Å². The SMILES string of the molecule is CNC(C)c1cccnc1Oc1cc(Cl)ccc1C. The quantitative estimate of drug-likeness (QED) is 0.912.